The molecule has 0 aliphatic carbocycles. The number of pyridine rings is 1. The molecule has 124 valence electrons. The van der Waals surface area contributed by atoms with Crippen molar-refractivity contribution in [1.82, 2.24) is 9.38 Å². The fraction of sp³-hybridized carbons (Fsp3) is 0.176. The molecule has 3 rings (SSSR count). The van der Waals surface area contributed by atoms with Gasteiger partial charge in [-0.05, 0) is 43.7 Å². The Labute approximate surface area is 135 Å². The maximum Gasteiger partial charge on any atom is 0.416 e. The van der Waals surface area contributed by atoms with Crippen LogP contribution < -0.4 is 5.32 Å². The summed E-state index contributed by atoms with van der Waals surface area (Å²) in [5, 5.41) is 2.46. The molecular formula is C17H14F3N3O. The molecule has 0 radical (unpaired) electrons. The van der Waals surface area contributed by atoms with E-state index >= 15 is 0 Å². The summed E-state index contributed by atoms with van der Waals surface area (Å²) in [6.07, 6.45) is -2.91. The van der Waals surface area contributed by atoms with Crippen molar-refractivity contribution in [3.63, 3.8) is 0 Å². The van der Waals surface area contributed by atoms with Crippen LogP contribution in [0.25, 0.3) is 5.65 Å². The van der Waals surface area contributed by atoms with Crippen LogP contribution in [0.15, 0.2) is 42.6 Å². The molecular weight excluding hydrogens is 319 g/mol. The largest absolute Gasteiger partial charge is 0.416 e. The Morgan fingerprint density at radius 2 is 1.92 bits per heavy atom. The predicted molar refractivity (Wildman–Crippen MR) is 84.1 cm³/mol. The minimum absolute atomic E-state index is 0.0757. The summed E-state index contributed by atoms with van der Waals surface area (Å²) in [5.74, 6) is -0.560. The van der Waals surface area contributed by atoms with Crippen LogP contribution in [0.3, 0.4) is 0 Å². The Kier molecular flexibility index (Phi) is 3.79. The van der Waals surface area contributed by atoms with Gasteiger partial charge in [0, 0.05) is 17.6 Å². The monoisotopic (exact) mass is 333 g/mol. The van der Waals surface area contributed by atoms with E-state index in [0.717, 1.165) is 11.8 Å². The number of carbonyl (C=O) groups is 1. The van der Waals surface area contributed by atoms with E-state index in [4.69, 9.17) is 0 Å². The van der Waals surface area contributed by atoms with E-state index in [1.165, 1.54) is 19.1 Å². The lowest BCUT2D eigenvalue weighted by atomic mass is 10.1. The molecule has 2 aromatic heterocycles. The van der Waals surface area contributed by atoms with Crippen molar-refractivity contribution in [2.75, 3.05) is 5.32 Å². The Balaban J connectivity index is 1.90. The molecule has 0 fully saturated rings. The molecule has 1 amide bonds. The molecule has 0 unspecified atom stereocenters. The fourth-order valence-electron chi connectivity index (χ4n) is 2.46. The molecule has 4 nitrogen and oxygen atoms in total. The molecule has 0 aliphatic rings. The number of halogens is 3. The van der Waals surface area contributed by atoms with E-state index in [0.29, 0.717) is 5.65 Å². The minimum Gasteiger partial charge on any atom is -0.321 e. The first-order valence-electron chi connectivity index (χ1n) is 7.19. The quantitative estimate of drug-likeness (QED) is 0.763. The van der Waals surface area contributed by atoms with Crippen LogP contribution in [0.5, 0.6) is 0 Å². The number of fused-ring (bicyclic) bond motifs is 1. The zero-order chi connectivity index (χ0) is 17.5. The second-order valence-corrected chi connectivity index (χ2v) is 5.50. The van der Waals surface area contributed by atoms with Gasteiger partial charge in [0.15, 0.2) is 0 Å². The molecule has 0 bridgehead atoms. The van der Waals surface area contributed by atoms with Crippen LogP contribution in [-0.4, -0.2) is 15.3 Å². The number of nitrogens with zero attached hydrogens (tertiary/aromatic N) is 2. The van der Waals surface area contributed by atoms with Gasteiger partial charge >= 0.3 is 6.18 Å². The molecule has 0 aliphatic heterocycles. The Hall–Kier alpha value is -2.83. The number of hydrogen-bond donors (Lipinski definition) is 1. The summed E-state index contributed by atoms with van der Waals surface area (Å²) in [4.78, 5) is 16.5. The highest BCUT2D eigenvalue weighted by Gasteiger charge is 2.32. The van der Waals surface area contributed by atoms with Gasteiger partial charge in [-0.2, -0.15) is 13.2 Å². The third kappa shape index (κ3) is 2.97. The predicted octanol–water partition coefficient (Wildman–Crippen LogP) is 4.22. The second kappa shape index (κ2) is 5.67. The first-order valence-corrected chi connectivity index (χ1v) is 7.19. The Bertz CT molecular complexity index is 928. The number of hydrogen-bond acceptors (Lipinski definition) is 2. The number of nitrogens with one attached hydrogen (secondary N) is 1. The van der Waals surface area contributed by atoms with Crippen molar-refractivity contribution in [1.29, 1.82) is 0 Å². The van der Waals surface area contributed by atoms with Gasteiger partial charge in [0.2, 0.25) is 0 Å². The van der Waals surface area contributed by atoms with Crippen molar-refractivity contribution in [2.24, 2.45) is 0 Å². The maximum absolute atomic E-state index is 12.9. The lowest BCUT2D eigenvalue weighted by Crippen LogP contribution is -2.14. The third-order valence-electron chi connectivity index (χ3n) is 3.73. The van der Waals surface area contributed by atoms with Crippen molar-refractivity contribution in [3.8, 4) is 0 Å². The third-order valence-corrected chi connectivity index (χ3v) is 3.73. The lowest BCUT2D eigenvalue weighted by molar-refractivity contribution is -0.138. The highest BCUT2D eigenvalue weighted by Crippen LogP contribution is 2.33. The van der Waals surface area contributed by atoms with Crippen molar-refractivity contribution < 1.29 is 18.0 Å². The van der Waals surface area contributed by atoms with E-state index in [2.05, 4.69) is 10.3 Å². The number of rotatable bonds is 2. The van der Waals surface area contributed by atoms with Gasteiger partial charge in [-0.15, -0.1) is 0 Å². The molecule has 0 saturated heterocycles. The average molecular weight is 333 g/mol. The molecule has 7 heteroatoms. The van der Waals surface area contributed by atoms with Gasteiger partial charge in [0.1, 0.15) is 11.3 Å². The highest BCUT2D eigenvalue weighted by molar-refractivity contribution is 6.03. The van der Waals surface area contributed by atoms with Crippen LogP contribution >= 0.6 is 0 Å². The van der Waals surface area contributed by atoms with Crippen molar-refractivity contribution in [2.45, 2.75) is 20.0 Å². The number of aryl methyl sites for hydroxylation is 2. The molecule has 2 heterocycles. The zero-order valence-electron chi connectivity index (χ0n) is 13.0. The van der Waals surface area contributed by atoms with Crippen molar-refractivity contribution >= 4 is 17.2 Å². The van der Waals surface area contributed by atoms with Gasteiger partial charge < -0.3 is 9.72 Å². The van der Waals surface area contributed by atoms with Crippen LogP contribution in [0.4, 0.5) is 18.9 Å². The van der Waals surface area contributed by atoms with Gasteiger partial charge in [-0.1, -0.05) is 12.1 Å². The van der Waals surface area contributed by atoms with Crippen LogP contribution in [0, 0.1) is 13.8 Å². The topological polar surface area (TPSA) is 46.4 Å². The Morgan fingerprint density at radius 1 is 1.17 bits per heavy atom. The van der Waals surface area contributed by atoms with E-state index in [9.17, 15) is 18.0 Å². The number of amides is 1. The normalized spacial score (nSPS) is 11.7. The highest BCUT2D eigenvalue weighted by atomic mass is 19.4. The number of anilines is 1. The van der Waals surface area contributed by atoms with Crippen LogP contribution in [0.2, 0.25) is 0 Å². The molecule has 0 spiro atoms. The van der Waals surface area contributed by atoms with E-state index in [1.54, 1.807) is 16.7 Å². The number of alkyl halides is 3. The van der Waals surface area contributed by atoms with Gasteiger partial charge in [-0.3, -0.25) is 4.79 Å². The van der Waals surface area contributed by atoms with Gasteiger partial charge in [-0.25, -0.2) is 4.98 Å². The molecule has 3 aromatic rings. The number of benzene rings is 1. The van der Waals surface area contributed by atoms with Gasteiger partial charge in [0.25, 0.3) is 5.91 Å². The molecule has 24 heavy (non-hydrogen) atoms. The smallest absolute Gasteiger partial charge is 0.321 e. The number of aromatic nitrogens is 2. The fourth-order valence-corrected chi connectivity index (χ4v) is 2.46. The summed E-state index contributed by atoms with van der Waals surface area (Å²) in [6.45, 7) is 3.24. The van der Waals surface area contributed by atoms with Crippen LogP contribution in [0.1, 0.15) is 27.3 Å². The average Bonchev–Trinajstić information content (AvgIpc) is 2.94. The number of imidazole rings is 1. The van der Waals surface area contributed by atoms with E-state index in [1.807, 2.05) is 19.1 Å². The number of carbonyl (C=O) groups excluding carboxylic acids is 1. The SMILES string of the molecule is Cc1ccc(NC(=O)c2cn3c(C)cccc3n2)cc1C(F)(F)F. The Morgan fingerprint density at radius 3 is 2.58 bits per heavy atom. The first-order chi connectivity index (χ1) is 11.3. The molecule has 0 saturated carbocycles. The maximum atomic E-state index is 12.9. The molecule has 1 aromatic carbocycles. The first kappa shape index (κ1) is 16.0. The standard InChI is InChI=1S/C17H14F3N3O/c1-10-6-7-12(8-13(10)17(18,19)20)21-16(24)14-9-23-11(2)4-3-5-15(23)22-14/h3-9H,1-2H3,(H,21,24). The molecule has 0 atom stereocenters. The van der Waals surface area contributed by atoms with Crippen molar-refractivity contribution in [3.05, 3.63) is 65.1 Å². The summed E-state index contributed by atoms with van der Waals surface area (Å²) < 4.78 is 40.6. The summed E-state index contributed by atoms with van der Waals surface area (Å²) >= 11 is 0. The minimum atomic E-state index is -4.47. The summed E-state index contributed by atoms with van der Waals surface area (Å²) in [6, 6.07) is 9.11. The van der Waals surface area contributed by atoms with Gasteiger partial charge in [0.05, 0.1) is 5.56 Å². The summed E-state index contributed by atoms with van der Waals surface area (Å²) in [5.41, 5.74) is 1.04. The van der Waals surface area contributed by atoms with E-state index in [-0.39, 0.29) is 16.9 Å². The molecule has 1 N–H and O–H groups in total. The summed E-state index contributed by atoms with van der Waals surface area (Å²) in [7, 11) is 0. The lowest BCUT2D eigenvalue weighted by Gasteiger charge is -2.12. The van der Waals surface area contributed by atoms with E-state index < -0.39 is 17.6 Å². The zero-order valence-corrected chi connectivity index (χ0v) is 13.0. The second-order valence-electron chi connectivity index (χ2n) is 5.50. The van der Waals surface area contributed by atoms with Crippen LogP contribution in [-0.2, 0) is 6.18 Å².